The molecule has 0 aliphatic carbocycles. The molecule has 2 aromatic heterocycles. The van der Waals surface area contributed by atoms with Crippen LogP contribution < -0.4 is 16.8 Å². The number of carboxylic acids is 1. The minimum absolute atomic E-state index is 0.198. The van der Waals surface area contributed by atoms with Crippen molar-refractivity contribution in [2.75, 3.05) is 31.9 Å². The quantitative estimate of drug-likeness (QED) is 0.159. The van der Waals surface area contributed by atoms with Gasteiger partial charge in [-0.3, -0.25) is 9.36 Å². The van der Waals surface area contributed by atoms with Crippen molar-refractivity contribution in [3.8, 4) is 0 Å². The molecule has 0 unspecified atom stereocenters. The van der Waals surface area contributed by atoms with E-state index in [1.54, 1.807) is 0 Å². The summed E-state index contributed by atoms with van der Waals surface area (Å²) in [5.74, 6) is -0.571. The largest absolute Gasteiger partial charge is 0.480 e. The molecule has 13 nitrogen and oxygen atoms in total. The van der Waals surface area contributed by atoms with Gasteiger partial charge in [0.15, 0.2) is 17.7 Å². The molecule has 0 bridgehead atoms. The van der Waals surface area contributed by atoms with Crippen LogP contribution in [0.25, 0.3) is 11.2 Å². The van der Waals surface area contributed by atoms with E-state index in [-0.39, 0.29) is 18.8 Å². The number of hydrogen-bond acceptors (Lipinski definition) is 11. The number of imidazole rings is 1. The third-order valence-electron chi connectivity index (χ3n) is 8.15. The zero-order valence-corrected chi connectivity index (χ0v) is 24.5. The highest BCUT2D eigenvalue weighted by Crippen LogP contribution is 2.36. The molecule has 1 aromatic carbocycles. The van der Waals surface area contributed by atoms with Crippen molar-refractivity contribution < 1.29 is 24.9 Å². The molecule has 15 heteroatoms. The van der Waals surface area contributed by atoms with Gasteiger partial charge < -0.3 is 41.7 Å². The van der Waals surface area contributed by atoms with E-state index in [1.165, 1.54) is 22.8 Å². The zero-order chi connectivity index (χ0) is 30.0. The van der Waals surface area contributed by atoms with Crippen molar-refractivity contribution in [1.82, 2.24) is 29.7 Å². The zero-order valence-electron chi connectivity index (χ0n) is 22.9. The number of rotatable bonds is 12. The molecule has 1 fully saturated rings. The van der Waals surface area contributed by atoms with Crippen LogP contribution in [0.1, 0.15) is 49.0 Å². The SMILES string of the molecule is Nc1ncnc2c1ncn2[C@@H]1O[C@H](CN(CCCC[C@H]2CNCc3c2ccc(Cl)c3Cl)CC[C@H](N)C(=O)O)[C@@H](O)[C@H]1O. The molecule has 6 atom stereocenters. The lowest BCUT2D eigenvalue weighted by Crippen LogP contribution is -2.42. The number of nitrogens with zero attached hydrogens (tertiary/aromatic N) is 5. The highest BCUT2D eigenvalue weighted by Gasteiger charge is 2.45. The third kappa shape index (κ3) is 6.48. The fraction of sp³-hybridized carbons (Fsp3) is 0.556. The van der Waals surface area contributed by atoms with Crippen LogP contribution in [0.3, 0.4) is 0 Å². The smallest absolute Gasteiger partial charge is 0.320 e. The average Bonchev–Trinajstić information content (AvgIpc) is 3.52. The van der Waals surface area contributed by atoms with Crippen LogP contribution in [0, 0.1) is 0 Å². The molecule has 0 amide bonds. The lowest BCUT2D eigenvalue weighted by molar-refractivity contribution is -0.138. The number of hydrogen-bond donors (Lipinski definition) is 6. The number of unbranched alkanes of at least 4 members (excludes halogenated alkanes) is 1. The number of aromatic nitrogens is 4. The maximum absolute atomic E-state index is 11.3. The highest BCUT2D eigenvalue weighted by atomic mass is 35.5. The number of aliphatic carboxylic acids is 1. The topological polar surface area (TPSA) is 198 Å². The van der Waals surface area contributed by atoms with Crippen molar-refractivity contribution >= 4 is 46.2 Å². The fourth-order valence-electron chi connectivity index (χ4n) is 5.79. The summed E-state index contributed by atoms with van der Waals surface area (Å²) >= 11 is 12.7. The Bertz CT molecular complexity index is 1410. The van der Waals surface area contributed by atoms with Gasteiger partial charge in [0.25, 0.3) is 0 Å². The number of benzene rings is 1. The van der Waals surface area contributed by atoms with E-state index in [0.717, 1.165) is 31.4 Å². The molecule has 42 heavy (non-hydrogen) atoms. The number of nitrogens with one attached hydrogen (secondary N) is 1. The van der Waals surface area contributed by atoms with Crippen LogP contribution in [-0.4, -0.2) is 96.2 Å². The predicted molar refractivity (Wildman–Crippen MR) is 157 cm³/mol. The average molecular weight is 624 g/mol. The lowest BCUT2D eigenvalue weighted by atomic mass is 9.87. The predicted octanol–water partition coefficient (Wildman–Crippen LogP) is 1.50. The van der Waals surface area contributed by atoms with Gasteiger partial charge in [0.2, 0.25) is 0 Å². The normalized spacial score (nSPS) is 24.8. The first-order chi connectivity index (χ1) is 20.2. The van der Waals surface area contributed by atoms with Crippen molar-refractivity contribution in [2.45, 2.75) is 68.7 Å². The molecule has 8 N–H and O–H groups in total. The standard InChI is InChI=1S/C27H36Cl2N8O5/c28-17-5-4-15-14(9-32-10-16(15)20(17)29)3-1-2-7-36(8-6-18(30)27(40)41)11-19-22(38)23(39)26(42-19)37-13-35-21-24(31)33-12-34-25(21)37/h4-5,12-14,18-19,22-23,26,32,38-39H,1-3,6-11,30H2,(H,40,41)(H2,31,33,34)/t14-,18-,19+,22+,23+,26+/m0/s1. The fourth-order valence-corrected chi connectivity index (χ4v) is 6.21. The van der Waals surface area contributed by atoms with Gasteiger partial charge in [-0.25, -0.2) is 15.0 Å². The highest BCUT2D eigenvalue weighted by molar-refractivity contribution is 6.42. The van der Waals surface area contributed by atoms with Crippen LogP contribution >= 0.6 is 23.2 Å². The Hall–Kier alpha value is -2.62. The second-order valence-electron chi connectivity index (χ2n) is 10.9. The lowest BCUT2D eigenvalue weighted by Gasteiger charge is -2.29. The number of carboxylic acid groups (broad SMARTS) is 1. The number of anilines is 1. The van der Waals surface area contributed by atoms with E-state index >= 15 is 0 Å². The van der Waals surface area contributed by atoms with Crippen LogP contribution in [0.2, 0.25) is 10.0 Å². The van der Waals surface area contributed by atoms with Gasteiger partial charge in [0.1, 0.15) is 36.2 Å². The summed E-state index contributed by atoms with van der Waals surface area (Å²) in [7, 11) is 0. The molecular weight excluding hydrogens is 587 g/mol. The number of nitrogens with two attached hydrogens (primary N) is 2. The Labute approximate surface area is 252 Å². The molecule has 0 spiro atoms. The first-order valence-corrected chi connectivity index (χ1v) is 14.7. The summed E-state index contributed by atoms with van der Waals surface area (Å²) in [4.78, 5) is 25.7. The minimum Gasteiger partial charge on any atom is -0.480 e. The van der Waals surface area contributed by atoms with Gasteiger partial charge in [0.05, 0.1) is 16.4 Å². The van der Waals surface area contributed by atoms with Crippen molar-refractivity contribution in [3.05, 3.63) is 46.0 Å². The monoisotopic (exact) mass is 622 g/mol. The molecule has 0 radical (unpaired) electrons. The molecule has 2 aliphatic rings. The number of carbonyl (C=O) groups is 1. The Morgan fingerprint density at radius 1 is 1.19 bits per heavy atom. The number of halogens is 2. The second-order valence-corrected chi connectivity index (χ2v) is 11.7. The Morgan fingerprint density at radius 2 is 2.00 bits per heavy atom. The molecule has 5 rings (SSSR count). The van der Waals surface area contributed by atoms with Crippen molar-refractivity contribution in [3.63, 3.8) is 0 Å². The molecule has 228 valence electrons. The Kier molecular flexibility index (Phi) is 9.80. The maximum Gasteiger partial charge on any atom is 0.320 e. The van der Waals surface area contributed by atoms with Gasteiger partial charge in [-0.2, -0.15) is 0 Å². The first kappa shape index (κ1) is 30.8. The Morgan fingerprint density at radius 3 is 2.79 bits per heavy atom. The van der Waals surface area contributed by atoms with Crippen LogP contribution in [0.15, 0.2) is 24.8 Å². The summed E-state index contributed by atoms with van der Waals surface area (Å²) in [6.45, 7) is 2.83. The molecule has 2 aliphatic heterocycles. The van der Waals surface area contributed by atoms with E-state index in [9.17, 15) is 20.1 Å². The molecule has 1 saturated heterocycles. The van der Waals surface area contributed by atoms with Crippen molar-refractivity contribution in [1.29, 1.82) is 0 Å². The van der Waals surface area contributed by atoms with Gasteiger partial charge in [-0.15, -0.1) is 0 Å². The van der Waals surface area contributed by atoms with Crippen LogP contribution in [0.5, 0.6) is 0 Å². The van der Waals surface area contributed by atoms with Crippen LogP contribution in [0.4, 0.5) is 5.82 Å². The van der Waals surface area contributed by atoms with Gasteiger partial charge in [0, 0.05) is 26.2 Å². The summed E-state index contributed by atoms with van der Waals surface area (Å²) in [5, 5.41) is 35.6. The summed E-state index contributed by atoms with van der Waals surface area (Å²) in [6.07, 6.45) is 1.52. The van der Waals surface area contributed by atoms with E-state index in [2.05, 4.69) is 26.3 Å². The van der Waals surface area contributed by atoms with Crippen LogP contribution in [-0.2, 0) is 16.1 Å². The molecule has 4 heterocycles. The van der Waals surface area contributed by atoms with Gasteiger partial charge in [-0.1, -0.05) is 35.7 Å². The molecule has 3 aromatic rings. The van der Waals surface area contributed by atoms with Gasteiger partial charge in [-0.05, 0) is 48.9 Å². The second kappa shape index (κ2) is 13.3. The van der Waals surface area contributed by atoms with E-state index in [4.69, 9.17) is 39.4 Å². The van der Waals surface area contributed by atoms with E-state index in [0.29, 0.717) is 46.8 Å². The summed E-state index contributed by atoms with van der Waals surface area (Å²) < 4.78 is 7.65. The summed E-state index contributed by atoms with van der Waals surface area (Å²) in [5.41, 5.74) is 14.7. The minimum atomic E-state index is -1.24. The third-order valence-corrected chi connectivity index (χ3v) is 9.00. The number of nitrogen functional groups attached to an aromatic ring is 1. The van der Waals surface area contributed by atoms with Crippen molar-refractivity contribution in [2.24, 2.45) is 5.73 Å². The maximum atomic E-state index is 11.3. The number of aliphatic hydroxyl groups is 2. The number of aliphatic hydroxyl groups excluding tert-OH is 2. The number of ether oxygens (including phenoxy) is 1. The van der Waals surface area contributed by atoms with E-state index < -0.39 is 36.6 Å². The van der Waals surface area contributed by atoms with E-state index in [1.807, 2.05) is 11.0 Å². The first-order valence-electron chi connectivity index (χ1n) is 14.0. The van der Waals surface area contributed by atoms with Gasteiger partial charge >= 0.3 is 5.97 Å². The Balaban J connectivity index is 1.22. The molecular formula is C27H36Cl2N8O5. The molecule has 0 saturated carbocycles. The summed E-state index contributed by atoms with van der Waals surface area (Å²) in [6, 6.07) is 2.89. The number of fused-ring (bicyclic) bond motifs is 2.